The number of benzene rings is 1. The molecule has 0 bridgehead atoms. The molecule has 0 fully saturated rings. The van der Waals surface area contributed by atoms with Crippen molar-refractivity contribution in [2.45, 2.75) is 25.9 Å². The van der Waals surface area contributed by atoms with Crippen molar-refractivity contribution in [1.82, 2.24) is 0 Å². The van der Waals surface area contributed by atoms with Gasteiger partial charge in [-0.05, 0) is 30.9 Å². The lowest BCUT2D eigenvalue weighted by Crippen LogP contribution is -1.99. The summed E-state index contributed by atoms with van der Waals surface area (Å²) in [7, 11) is 0. The first-order valence-corrected chi connectivity index (χ1v) is 5.08. The van der Waals surface area contributed by atoms with Gasteiger partial charge in [-0.3, -0.25) is 0 Å². The first-order chi connectivity index (χ1) is 6.25. The molecule has 0 saturated heterocycles. The zero-order chi connectivity index (χ0) is 9.68. The molecule has 1 rings (SSSR count). The van der Waals surface area contributed by atoms with Gasteiger partial charge in [0.05, 0.1) is 6.10 Å². The summed E-state index contributed by atoms with van der Waals surface area (Å²) in [5.41, 5.74) is 2.16. The molecule has 0 aromatic heterocycles. The maximum atomic E-state index is 9.77. The summed E-state index contributed by atoms with van der Waals surface area (Å²) in [6.07, 6.45) is 1.24. The van der Waals surface area contributed by atoms with E-state index in [4.69, 9.17) is 11.6 Å². The predicted octanol–water partition coefficient (Wildman–Crippen LogP) is 3.05. The molecule has 0 aliphatic rings. The van der Waals surface area contributed by atoms with Crippen LogP contribution in [-0.4, -0.2) is 11.0 Å². The fourth-order valence-corrected chi connectivity index (χ4v) is 1.54. The second kappa shape index (κ2) is 5.25. The number of aliphatic hydroxyl groups is 1. The van der Waals surface area contributed by atoms with Crippen LogP contribution in [0.3, 0.4) is 0 Å². The Morgan fingerprint density at radius 3 is 2.69 bits per heavy atom. The molecule has 0 heterocycles. The number of hydrogen-bond acceptors (Lipinski definition) is 1. The molecule has 2 heteroatoms. The average molecular weight is 199 g/mol. The van der Waals surface area contributed by atoms with Crippen molar-refractivity contribution in [3.63, 3.8) is 0 Å². The number of aryl methyl sites for hydroxylation is 1. The van der Waals surface area contributed by atoms with Gasteiger partial charge in [-0.1, -0.05) is 24.3 Å². The first kappa shape index (κ1) is 10.6. The summed E-state index contributed by atoms with van der Waals surface area (Å²) in [5.74, 6) is 0.614. The molecule has 1 aromatic carbocycles. The molecule has 1 aromatic rings. The molecule has 0 unspecified atom stereocenters. The van der Waals surface area contributed by atoms with E-state index in [1.54, 1.807) is 0 Å². The molecule has 1 atom stereocenters. The van der Waals surface area contributed by atoms with E-state index in [9.17, 15) is 5.11 Å². The predicted molar refractivity (Wildman–Crippen MR) is 56.1 cm³/mol. The van der Waals surface area contributed by atoms with Gasteiger partial charge in [0.25, 0.3) is 0 Å². The standard InChI is InChI=1S/C11H15ClO/c1-9-5-2-3-6-10(9)11(13)7-4-8-12/h2-3,5-6,11,13H,4,7-8H2,1H3/t11-/m1/s1. The minimum atomic E-state index is -0.361. The fourth-order valence-electron chi connectivity index (χ4n) is 1.39. The quantitative estimate of drug-likeness (QED) is 0.738. The minimum absolute atomic E-state index is 0.361. The molecular formula is C11H15ClO. The molecule has 1 nitrogen and oxygen atoms in total. The van der Waals surface area contributed by atoms with Crippen LogP contribution < -0.4 is 0 Å². The van der Waals surface area contributed by atoms with Crippen LogP contribution in [0.15, 0.2) is 24.3 Å². The van der Waals surface area contributed by atoms with Gasteiger partial charge < -0.3 is 5.11 Å². The first-order valence-electron chi connectivity index (χ1n) is 4.55. The highest BCUT2D eigenvalue weighted by Crippen LogP contribution is 2.21. The highest BCUT2D eigenvalue weighted by molar-refractivity contribution is 6.17. The van der Waals surface area contributed by atoms with Crippen molar-refractivity contribution in [2.75, 3.05) is 5.88 Å². The molecule has 0 spiro atoms. The van der Waals surface area contributed by atoms with Crippen LogP contribution >= 0.6 is 11.6 Å². The highest BCUT2D eigenvalue weighted by atomic mass is 35.5. The van der Waals surface area contributed by atoms with Crippen LogP contribution in [0, 0.1) is 6.92 Å². The zero-order valence-electron chi connectivity index (χ0n) is 7.83. The third-order valence-electron chi connectivity index (χ3n) is 2.16. The minimum Gasteiger partial charge on any atom is -0.388 e. The number of rotatable bonds is 4. The lowest BCUT2D eigenvalue weighted by Gasteiger charge is -2.12. The number of aliphatic hydroxyl groups excluding tert-OH is 1. The average Bonchev–Trinajstić information content (AvgIpc) is 2.15. The molecule has 0 aliphatic carbocycles. The van der Waals surface area contributed by atoms with Crippen LogP contribution in [0.2, 0.25) is 0 Å². The van der Waals surface area contributed by atoms with Crippen molar-refractivity contribution in [3.05, 3.63) is 35.4 Å². The molecule has 0 aliphatic heterocycles. The van der Waals surface area contributed by atoms with Crippen molar-refractivity contribution < 1.29 is 5.11 Å². The summed E-state index contributed by atoms with van der Waals surface area (Å²) in [6, 6.07) is 7.91. The maximum Gasteiger partial charge on any atom is 0.0793 e. The number of alkyl halides is 1. The summed E-state index contributed by atoms with van der Waals surface area (Å²) < 4.78 is 0. The summed E-state index contributed by atoms with van der Waals surface area (Å²) in [5, 5.41) is 9.77. The summed E-state index contributed by atoms with van der Waals surface area (Å²) >= 11 is 5.56. The van der Waals surface area contributed by atoms with E-state index < -0.39 is 0 Å². The van der Waals surface area contributed by atoms with Gasteiger partial charge in [0.2, 0.25) is 0 Å². The van der Waals surface area contributed by atoms with Gasteiger partial charge >= 0.3 is 0 Å². The number of hydrogen-bond donors (Lipinski definition) is 1. The van der Waals surface area contributed by atoms with E-state index in [1.165, 1.54) is 0 Å². The molecule has 0 amide bonds. The van der Waals surface area contributed by atoms with Crippen LogP contribution in [0.1, 0.15) is 30.1 Å². The number of halogens is 1. The second-order valence-corrected chi connectivity index (χ2v) is 3.58. The molecule has 13 heavy (non-hydrogen) atoms. The Bertz CT molecular complexity index is 260. The Balaban J connectivity index is 2.65. The Morgan fingerprint density at radius 2 is 2.08 bits per heavy atom. The lowest BCUT2D eigenvalue weighted by molar-refractivity contribution is 0.166. The Labute approximate surface area is 84.4 Å². The van der Waals surface area contributed by atoms with Gasteiger partial charge in [-0.25, -0.2) is 0 Å². The topological polar surface area (TPSA) is 20.2 Å². The molecule has 1 N–H and O–H groups in total. The SMILES string of the molecule is Cc1ccccc1[C@H](O)CCCCl. The van der Waals surface area contributed by atoms with Crippen molar-refractivity contribution in [3.8, 4) is 0 Å². The third kappa shape index (κ3) is 3.02. The molecule has 72 valence electrons. The monoisotopic (exact) mass is 198 g/mol. The van der Waals surface area contributed by atoms with Gasteiger partial charge in [0.1, 0.15) is 0 Å². The Kier molecular flexibility index (Phi) is 4.26. The Morgan fingerprint density at radius 1 is 1.38 bits per heavy atom. The van der Waals surface area contributed by atoms with Gasteiger partial charge in [0, 0.05) is 5.88 Å². The van der Waals surface area contributed by atoms with E-state index in [1.807, 2.05) is 31.2 Å². The molecule has 0 radical (unpaired) electrons. The lowest BCUT2D eigenvalue weighted by atomic mass is 10.0. The zero-order valence-corrected chi connectivity index (χ0v) is 8.59. The highest BCUT2D eigenvalue weighted by Gasteiger charge is 2.08. The Hall–Kier alpha value is -0.530. The van der Waals surface area contributed by atoms with Gasteiger partial charge in [-0.15, -0.1) is 11.6 Å². The van der Waals surface area contributed by atoms with E-state index in [2.05, 4.69) is 0 Å². The summed E-state index contributed by atoms with van der Waals surface area (Å²) in [6.45, 7) is 2.01. The molecule has 0 saturated carbocycles. The van der Waals surface area contributed by atoms with Crippen LogP contribution in [0.25, 0.3) is 0 Å². The normalized spacial score (nSPS) is 12.8. The van der Waals surface area contributed by atoms with E-state index in [0.717, 1.165) is 24.0 Å². The summed E-state index contributed by atoms with van der Waals surface area (Å²) in [4.78, 5) is 0. The smallest absolute Gasteiger partial charge is 0.0793 e. The van der Waals surface area contributed by atoms with E-state index in [0.29, 0.717) is 5.88 Å². The van der Waals surface area contributed by atoms with E-state index in [-0.39, 0.29) is 6.10 Å². The van der Waals surface area contributed by atoms with Gasteiger partial charge in [-0.2, -0.15) is 0 Å². The molecular weight excluding hydrogens is 184 g/mol. The maximum absolute atomic E-state index is 9.77. The van der Waals surface area contributed by atoms with Crippen LogP contribution in [0.4, 0.5) is 0 Å². The third-order valence-corrected chi connectivity index (χ3v) is 2.43. The van der Waals surface area contributed by atoms with Crippen LogP contribution in [-0.2, 0) is 0 Å². The van der Waals surface area contributed by atoms with E-state index >= 15 is 0 Å². The van der Waals surface area contributed by atoms with Crippen molar-refractivity contribution >= 4 is 11.6 Å². The van der Waals surface area contributed by atoms with Crippen molar-refractivity contribution in [2.24, 2.45) is 0 Å². The fraction of sp³-hybridized carbons (Fsp3) is 0.455. The van der Waals surface area contributed by atoms with Gasteiger partial charge in [0.15, 0.2) is 0 Å². The van der Waals surface area contributed by atoms with Crippen LogP contribution in [0.5, 0.6) is 0 Å². The van der Waals surface area contributed by atoms with Crippen molar-refractivity contribution in [1.29, 1.82) is 0 Å². The largest absolute Gasteiger partial charge is 0.388 e. The second-order valence-electron chi connectivity index (χ2n) is 3.20.